The number of hydrogen-bond acceptors (Lipinski definition) is 7. The smallest absolute Gasteiger partial charge is 0.276 e. The predicted molar refractivity (Wildman–Crippen MR) is 77.3 cm³/mol. The lowest BCUT2D eigenvalue weighted by atomic mass is 10.2. The molecule has 8 heteroatoms. The van der Waals surface area contributed by atoms with Crippen LogP contribution in [0.25, 0.3) is 0 Å². The molecule has 0 saturated heterocycles. The van der Waals surface area contributed by atoms with Crippen LogP contribution in [0.15, 0.2) is 33.9 Å². The van der Waals surface area contributed by atoms with Crippen LogP contribution in [0.2, 0.25) is 0 Å². The second kappa shape index (κ2) is 7.42. The number of carbonyl (C=O) groups excluding carboxylic acids is 1. The lowest BCUT2D eigenvalue weighted by Crippen LogP contribution is -2.13. The lowest BCUT2D eigenvalue weighted by Gasteiger charge is -2.05. The van der Waals surface area contributed by atoms with E-state index in [1.165, 1.54) is 11.8 Å². The van der Waals surface area contributed by atoms with Crippen molar-refractivity contribution in [2.75, 3.05) is 11.1 Å². The van der Waals surface area contributed by atoms with E-state index in [2.05, 4.69) is 15.5 Å². The van der Waals surface area contributed by atoms with Crippen LogP contribution in [0.3, 0.4) is 0 Å². The van der Waals surface area contributed by atoms with Crippen LogP contribution in [-0.2, 0) is 11.3 Å². The zero-order valence-electron chi connectivity index (χ0n) is 11.1. The van der Waals surface area contributed by atoms with E-state index in [0.29, 0.717) is 28.1 Å². The van der Waals surface area contributed by atoms with Crippen molar-refractivity contribution in [3.63, 3.8) is 0 Å². The molecule has 1 aromatic heterocycles. The van der Waals surface area contributed by atoms with Gasteiger partial charge in [0.15, 0.2) is 0 Å². The molecule has 0 spiro atoms. The summed E-state index contributed by atoms with van der Waals surface area (Å²) in [5, 5.41) is 19.5. The van der Waals surface area contributed by atoms with E-state index in [1.54, 1.807) is 24.3 Å². The average Bonchev–Trinajstić information content (AvgIpc) is 2.96. The topological polar surface area (TPSA) is 118 Å². The maximum atomic E-state index is 11.8. The molecule has 0 fully saturated rings. The third kappa shape index (κ3) is 4.30. The number of hydrogen-bond donors (Lipinski definition) is 2. The molecular weight excluding hydrogens is 290 g/mol. The Bertz CT molecular complexity index is 665. The van der Waals surface area contributed by atoms with Gasteiger partial charge in [-0.3, -0.25) is 4.79 Å². The van der Waals surface area contributed by atoms with Gasteiger partial charge in [0, 0.05) is 12.2 Å². The summed E-state index contributed by atoms with van der Waals surface area (Å²) in [7, 11) is 0. The molecule has 1 amide bonds. The fourth-order valence-electron chi connectivity index (χ4n) is 1.51. The molecule has 0 unspecified atom stereocenters. The quantitative estimate of drug-likeness (QED) is 0.777. The summed E-state index contributed by atoms with van der Waals surface area (Å²) < 4.78 is 5.21. The molecule has 7 nitrogen and oxygen atoms in total. The van der Waals surface area contributed by atoms with E-state index in [1.807, 2.05) is 6.07 Å². The highest BCUT2D eigenvalue weighted by Crippen LogP contribution is 2.18. The van der Waals surface area contributed by atoms with Gasteiger partial charge in [0.1, 0.15) is 6.07 Å². The molecule has 0 aliphatic heterocycles. The minimum atomic E-state index is -0.177. The Morgan fingerprint density at radius 1 is 1.43 bits per heavy atom. The van der Waals surface area contributed by atoms with Crippen molar-refractivity contribution < 1.29 is 9.21 Å². The van der Waals surface area contributed by atoms with Crippen LogP contribution in [0.5, 0.6) is 0 Å². The molecule has 1 aromatic carbocycles. The van der Waals surface area contributed by atoms with Crippen molar-refractivity contribution >= 4 is 23.4 Å². The van der Waals surface area contributed by atoms with E-state index in [4.69, 9.17) is 15.4 Å². The summed E-state index contributed by atoms with van der Waals surface area (Å²) in [4.78, 5) is 11.8. The van der Waals surface area contributed by atoms with Gasteiger partial charge in [0.05, 0.1) is 17.8 Å². The first-order valence-corrected chi connectivity index (χ1v) is 7.15. The van der Waals surface area contributed by atoms with Crippen molar-refractivity contribution in [1.29, 1.82) is 5.26 Å². The predicted octanol–water partition coefficient (Wildman–Crippen LogP) is 1.52. The third-order valence-corrected chi connectivity index (χ3v) is 3.32. The van der Waals surface area contributed by atoms with Crippen molar-refractivity contribution in [1.82, 2.24) is 10.2 Å². The summed E-state index contributed by atoms with van der Waals surface area (Å²) in [5.41, 5.74) is 6.30. The Morgan fingerprint density at radius 3 is 2.95 bits per heavy atom. The van der Waals surface area contributed by atoms with Gasteiger partial charge in [-0.1, -0.05) is 23.9 Å². The van der Waals surface area contributed by atoms with Crippen LogP contribution >= 0.6 is 11.8 Å². The van der Waals surface area contributed by atoms with Crippen LogP contribution in [0.4, 0.5) is 5.69 Å². The van der Waals surface area contributed by atoms with Crippen molar-refractivity contribution in [2.24, 2.45) is 5.73 Å². The number of nitriles is 1. The van der Waals surface area contributed by atoms with Gasteiger partial charge in [0.25, 0.3) is 5.22 Å². The van der Waals surface area contributed by atoms with Crippen LogP contribution in [0.1, 0.15) is 17.9 Å². The number of amides is 1. The van der Waals surface area contributed by atoms with Gasteiger partial charge in [-0.25, -0.2) is 0 Å². The summed E-state index contributed by atoms with van der Waals surface area (Å²) in [5.74, 6) is 0.681. The number of aromatic nitrogens is 2. The van der Waals surface area contributed by atoms with Gasteiger partial charge >= 0.3 is 0 Å². The molecular formula is C13H13N5O2S. The molecule has 1 heterocycles. The normalized spacial score (nSPS) is 10.1. The van der Waals surface area contributed by atoms with Crippen molar-refractivity contribution in [2.45, 2.75) is 18.2 Å². The molecule has 108 valence electrons. The van der Waals surface area contributed by atoms with Crippen molar-refractivity contribution in [3.8, 4) is 6.07 Å². The molecule has 0 aliphatic carbocycles. The SMILES string of the molecule is N#Cc1ccccc1NC(=O)CCSc1nnc(CN)o1. The maximum absolute atomic E-state index is 11.8. The zero-order valence-corrected chi connectivity index (χ0v) is 11.9. The Morgan fingerprint density at radius 2 is 2.24 bits per heavy atom. The highest BCUT2D eigenvalue weighted by molar-refractivity contribution is 7.99. The minimum Gasteiger partial charge on any atom is -0.415 e. The largest absolute Gasteiger partial charge is 0.415 e. The fraction of sp³-hybridized carbons (Fsp3) is 0.231. The number of carbonyl (C=O) groups is 1. The number of nitrogens with one attached hydrogen (secondary N) is 1. The molecule has 0 saturated carbocycles. The molecule has 0 radical (unpaired) electrons. The van der Waals surface area contributed by atoms with Crippen LogP contribution in [-0.4, -0.2) is 21.9 Å². The monoisotopic (exact) mass is 303 g/mol. The lowest BCUT2D eigenvalue weighted by molar-refractivity contribution is -0.115. The Labute approximate surface area is 125 Å². The first-order valence-electron chi connectivity index (χ1n) is 6.17. The summed E-state index contributed by atoms with van der Waals surface area (Å²) in [6.07, 6.45) is 0.269. The van der Waals surface area contributed by atoms with Gasteiger partial charge < -0.3 is 15.5 Å². The first kappa shape index (κ1) is 15.0. The molecule has 2 aromatic rings. The Balaban J connectivity index is 1.81. The Kier molecular flexibility index (Phi) is 5.31. The van der Waals surface area contributed by atoms with Gasteiger partial charge in [0.2, 0.25) is 11.8 Å². The van der Waals surface area contributed by atoms with E-state index < -0.39 is 0 Å². The molecule has 3 N–H and O–H groups in total. The highest BCUT2D eigenvalue weighted by Gasteiger charge is 2.09. The second-order valence-electron chi connectivity index (χ2n) is 3.97. The standard InChI is InChI=1S/C13H13N5O2S/c14-7-9-3-1-2-4-10(9)16-11(19)5-6-21-13-18-17-12(8-15)20-13/h1-4H,5-6,8,15H2,(H,16,19). The summed E-state index contributed by atoms with van der Waals surface area (Å²) in [6, 6.07) is 8.87. The van der Waals surface area contributed by atoms with E-state index in [9.17, 15) is 4.79 Å². The number of thioether (sulfide) groups is 1. The number of para-hydroxylation sites is 1. The molecule has 0 bridgehead atoms. The van der Waals surface area contributed by atoms with E-state index in [-0.39, 0.29) is 18.9 Å². The van der Waals surface area contributed by atoms with E-state index in [0.717, 1.165) is 0 Å². The first-order chi connectivity index (χ1) is 10.2. The van der Waals surface area contributed by atoms with Crippen LogP contribution in [0, 0.1) is 11.3 Å². The fourth-order valence-corrected chi connectivity index (χ4v) is 2.23. The number of benzene rings is 1. The summed E-state index contributed by atoms with van der Waals surface area (Å²) in [6.45, 7) is 0.193. The molecule has 0 atom stereocenters. The molecule has 0 aliphatic rings. The molecule has 2 rings (SSSR count). The maximum Gasteiger partial charge on any atom is 0.276 e. The highest BCUT2D eigenvalue weighted by atomic mass is 32.2. The van der Waals surface area contributed by atoms with Gasteiger partial charge in [-0.2, -0.15) is 5.26 Å². The minimum absolute atomic E-state index is 0.177. The number of nitrogens with zero attached hydrogens (tertiary/aromatic N) is 3. The second-order valence-corrected chi connectivity index (χ2v) is 5.02. The van der Waals surface area contributed by atoms with Crippen molar-refractivity contribution in [3.05, 3.63) is 35.7 Å². The van der Waals surface area contributed by atoms with E-state index >= 15 is 0 Å². The third-order valence-electron chi connectivity index (χ3n) is 2.50. The number of anilines is 1. The van der Waals surface area contributed by atoms with Gasteiger partial charge in [-0.15, -0.1) is 10.2 Å². The Hall–Kier alpha value is -2.37. The van der Waals surface area contributed by atoms with Crippen LogP contribution < -0.4 is 11.1 Å². The molecule has 21 heavy (non-hydrogen) atoms. The average molecular weight is 303 g/mol. The number of rotatable bonds is 6. The van der Waals surface area contributed by atoms with Gasteiger partial charge in [-0.05, 0) is 12.1 Å². The zero-order chi connectivity index (χ0) is 15.1. The summed E-state index contributed by atoms with van der Waals surface area (Å²) >= 11 is 1.28. The number of nitrogens with two attached hydrogens (primary N) is 1.